The Balaban J connectivity index is 2.67. The van der Waals surface area contributed by atoms with Gasteiger partial charge in [0.05, 0.1) is 6.42 Å². The van der Waals surface area contributed by atoms with Gasteiger partial charge in [0.2, 0.25) is 11.8 Å². The Morgan fingerprint density at radius 2 is 1.64 bits per heavy atom. The third kappa shape index (κ3) is 7.91. The zero-order valence-electron chi connectivity index (χ0n) is 15.5. The van der Waals surface area contributed by atoms with E-state index in [-0.39, 0.29) is 12.3 Å². The van der Waals surface area contributed by atoms with E-state index in [1.807, 2.05) is 19.1 Å². The Morgan fingerprint density at radius 1 is 1.04 bits per heavy atom. The lowest BCUT2D eigenvalue weighted by Gasteiger charge is -2.29. The highest BCUT2D eigenvalue weighted by Gasteiger charge is 2.26. The maximum Gasteiger partial charge on any atom is 0.240 e. The molecule has 0 aromatic heterocycles. The van der Waals surface area contributed by atoms with E-state index in [9.17, 15) is 9.59 Å². The first-order valence-corrected chi connectivity index (χ1v) is 9.70. The van der Waals surface area contributed by atoms with Crippen molar-refractivity contribution >= 4 is 23.4 Å². The number of nitrogens with two attached hydrogens (primary N) is 1. The van der Waals surface area contributed by atoms with Crippen LogP contribution in [0.15, 0.2) is 24.3 Å². The Labute approximate surface area is 156 Å². The van der Waals surface area contributed by atoms with Crippen molar-refractivity contribution in [3.63, 3.8) is 0 Å². The van der Waals surface area contributed by atoms with Gasteiger partial charge in [-0.2, -0.15) is 0 Å². The Kier molecular flexibility index (Phi) is 10.2. The van der Waals surface area contributed by atoms with Crippen molar-refractivity contribution in [2.24, 2.45) is 5.73 Å². The van der Waals surface area contributed by atoms with Crippen LogP contribution in [0.2, 0.25) is 5.02 Å². The number of halogens is 1. The van der Waals surface area contributed by atoms with Gasteiger partial charge in [0.1, 0.15) is 6.04 Å². The number of benzene rings is 1. The van der Waals surface area contributed by atoms with E-state index in [0.717, 1.165) is 18.4 Å². The molecule has 0 saturated heterocycles. The number of rotatable bonds is 12. The molecule has 5 heteroatoms. The number of hydrogen-bond donors (Lipinski definition) is 1. The first-order valence-electron chi connectivity index (χ1n) is 9.32. The van der Waals surface area contributed by atoms with Gasteiger partial charge in [-0.1, -0.05) is 69.7 Å². The van der Waals surface area contributed by atoms with Crippen LogP contribution >= 0.6 is 11.6 Å². The van der Waals surface area contributed by atoms with Gasteiger partial charge in [-0.15, -0.1) is 0 Å². The summed E-state index contributed by atoms with van der Waals surface area (Å²) in [6, 6.07) is 6.69. The average Bonchev–Trinajstić information content (AvgIpc) is 2.58. The summed E-state index contributed by atoms with van der Waals surface area (Å²) in [4.78, 5) is 26.2. The average molecular weight is 367 g/mol. The monoisotopic (exact) mass is 366 g/mol. The summed E-state index contributed by atoms with van der Waals surface area (Å²) in [5.74, 6) is -0.487. The molecule has 1 rings (SSSR count). The number of amides is 2. The van der Waals surface area contributed by atoms with Gasteiger partial charge in [-0.05, 0) is 30.5 Å². The molecule has 25 heavy (non-hydrogen) atoms. The van der Waals surface area contributed by atoms with Crippen molar-refractivity contribution in [3.8, 4) is 0 Å². The number of primary amides is 1. The smallest absolute Gasteiger partial charge is 0.240 e. The third-order valence-electron chi connectivity index (χ3n) is 4.43. The van der Waals surface area contributed by atoms with E-state index in [1.165, 1.54) is 25.7 Å². The number of nitrogens with zero attached hydrogens (tertiary/aromatic N) is 1. The molecule has 1 aromatic carbocycles. The van der Waals surface area contributed by atoms with Crippen molar-refractivity contribution in [1.82, 2.24) is 4.90 Å². The minimum atomic E-state index is -0.532. The molecule has 0 fully saturated rings. The molecule has 1 aromatic rings. The zero-order chi connectivity index (χ0) is 18.7. The second kappa shape index (κ2) is 11.9. The molecular weight excluding hydrogens is 336 g/mol. The molecular formula is C20H31ClN2O2. The lowest BCUT2D eigenvalue weighted by molar-refractivity contribution is -0.139. The number of carbonyl (C=O) groups is 2. The van der Waals surface area contributed by atoms with Crippen LogP contribution in [-0.2, 0) is 16.0 Å². The van der Waals surface area contributed by atoms with E-state index >= 15 is 0 Å². The largest absolute Gasteiger partial charge is 0.368 e. The topological polar surface area (TPSA) is 63.4 Å². The SMILES string of the molecule is CCCCCCCCN(C(=O)Cc1ccc(Cl)cc1)[C@@H](CC)C(N)=O. The maximum atomic E-state index is 12.8. The van der Waals surface area contributed by atoms with Crippen LogP contribution in [-0.4, -0.2) is 29.3 Å². The summed E-state index contributed by atoms with van der Waals surface area (Å²) >= 11 is 5.89. The van der Waals surface area contributed by atoms with E-state index in [1.54, 1.807) is 17.0 Å². The highest BCUT2D eigenvalue weighted by Crippen LogP contribution is 2.14. The first-order chi connectivity index (χ1) is 12.0. The van der Waals surface area contributed by atoms with Gasteiger partial charge in [0, 0.05) is 11.6 Å². The molecule has 0 aliphatic carbocycles. The van der Waals surface area contributed by atoms with Gasteiger partial charge in [0.15, 0.2) is 0 Å². The fourth-order valence-corrected chi connectivity index (χ4v) is 3.10. The van der Waals surface area contributed by atoms with E-state index < -0.39 is 11.9 Å². The summed E-state index contributed by atoms with van der Waals surface area (Å²) in [7, 11) is 0. The fraction of sp³-hybridized carbons (Fsp3) is 0.600. The summed E-state index contributed by atoms with van der Waals surface area (Å²) in [5.41, 5.74) is 6.41. The molecule has 0 unspecified atom stereocenters. The standard InChI is InChI=1S/C20H31ClN2O2/c1-3-5-6-7-8-9-14-23(18(4-2)20(22)25)19(24)15-16-10-12-17(21)13-11-16/h10-13,18H,3-9,14-15H2,1-2H3,(H2,22,25)/t18-/m0/s1. The van der Waals surface area contributed by atoms with Crippen LogP contribution < -0.4 is 5.73 Å². The molecule has 2 amide bonds. The Morgan fingerprint density at radius 3 is 2.20 bits per heavy atom. The van der Waals surface area contributed by atoms with Crippen LogP contribution in [0.25, 0.3) is 0 Å². The molecule has 0 radical (unpaired) electrons. The quantitative estimate of drug-likeness (QED) is 0.559. The van der Waals surface area contributed by atoms with Crippen LogP contribution in [0.4, 0.5) is 0 Å². The Bertz CT molecular complexity index is 531. The predicted molar refractivity (Wildman–Crippen MR) is 104 cm³/mol. The normalized spacial score (nSPS) is 12.0. The molecule has 1 atom stereocenters. The molecule has 0 aliphatic rings. The van der Waals surface area contributed by atoms with Gasteiger partial charge >= 0.3 is 0 Å². The lowest BCUT2D eigenvalue weighted by atomic mass is 10.1. The fourth-order valence-electron chi connectivity index (χ4n) is 2.97. The Hall–Kier alpha value is -1.55. The van der Waals surface area contributed by atoms with Crippen LogP contribution in [0.1, 0.15) is 64.4 Å². The third-order valence-corrected chi connectivity index (χ3v) is 4.68. The van der Waals surface area contributed by atoms with E-state index in [0.29, 0.717) is 18.0 Å². The summed E-state index contributed by atoms with van der Waals surface area (Å²) < 4.78 is 0. The van der Waals surface area contributed by atoms with Crippen molar-refractivity contribution in [2.75, 3.05) is 6.54 Å². The van der Waals surface area contributed by atoms with Gasteiger partial charge in [-0.25, -0.2) is 0 Å². The number of unbranched alkanes of at least 4 members (excludes halogenated alkanes) is 5. The number of hydrogen-bond acceptors (Lipinski definition) is 2. The van der Waals surface area contributed by atoms with E-state index in [2.05, 4.69) is 6.92 Å². The minimum Gasteiger partial charge on any atom is -0.368 e. The van der Waals surface area contributed by atoms with Crippen LogP contribution in [0.5, 0.6) is 0 Å². The van der Waals surface area contributed by atoms with Crippen molar-refractivity contribution in [1.29, 1.82) is 0 Å². The molecule has 0 saturated carbocycles. The molecule has 140 valence electrons. The van der Waals surface area contributed by atoms with Gasteiger partial charge in [0.25, 0.3) is 0 Å². The predicted octanol–water partition coefficient (Wildman–Crippen LogP) is 4.34. The van der Waals surface area contributed by atoms with Crippen molar-refractivity contribution in [3.05, 3.63) is 34.9 Å². The van der Waals surface area contributed by atoms with E-state index in [4.69, 9.17) is 17.3 Å². The second-order valence-corrected chi connectivity index (χ2v) is 6.92. The first kappa shape index (κ1) is 21.5. The molecule has 2 N–H and O–H groups in total. The number of carbonyl (C=O) groups excluding carboxylic acids is 2. The van der Waals surface area contributed by atoms with Crippen LogP contribution in [0.3, 0.4) is 0 Å². The summed E-state index contributed by atoms with van der Waals surface area (Å²) in [5, 5.41) is 0.642. The van der Waals surface area contributed by atoms with Gasteiger partial charge in [-0.3, -0.25) is 9.59 Å². The highest BCUT2D eigenvalue weighted by molar-refractivity contribution is 6.30. The molecule has 0 aliphatic heterocycles. The minimum absolute atomic E-state index is 0.0541. The lowest BCUT2D eigenvalue weighted by Crippen LogP contribution is -2.48. The van der Waals surface area contributed by atoms with Crippen LogP contribution in [0, 0.1) is 0 Å². The zero-order valence-corrected chi connectivity index (χ0v) is 16.2. The molecule has 4 nitrogen and oxygen atoms in total. The molecule has 0 bridgehead atoms. The van der Waals surface area contributed by atoms with Crippen molar-refractivity contribution in [2.45, 2.75) is 71.3 Å². The van der Waals surface area contributed by atoms with Gasteiger partial charge < -0.3 is 10.6 Å². The summed E-state index contributed by atoms with van der Waals surface area (Å²) in [6.45, 7) is 4.66. The maximum absolute atomic E-state index is 12.8. The van der Waals surface area contributed by atoms with Crippen molar-refractivity contribution < 1.29 is 9.59 Å². The second-order valence-electron chi connectivity index (χ2n) is 6.48. The highest BCUT2D eigenvalue weighted by atomic mass is 35.5. The summed E-state index contributed by atoms with van der Waals surface area (Å²) in [6.07, 6.45) is 7.63. The molecule has 0 heterocycles. The molecule has 0 spiro atoms.